The minimum absolute atomic E-state index is 0.0131. The predicted octanol–water partition coefficient (Wildman–Crippen LogP) is 1.65. The van der Waals surface area contributed by atoms with Crippen LogP contribution >= 0.6 is 0 Å². The van der Waals surface area contributed by atoms with Crippen LogP contribution in [0.3, 0.4) is 0 Å². The standard InChI is InChI=1S/C19H21FN2O6S2/c20-15-9-13(19-14(10-15)11-27-12-28-19)7-8-21-29(23,24)17-3-5-18(6-4-17)30(25,26)22-16-1-2-16/h3-6,9-10,16,21-22H,1-2,7-8,11-12H2. The number of sulfonamides is 2. The Kier molecular flexibility index (Phi) is 5.82. The highest BCUT2D eigenvalue weighted by Gasteiger charge is 2.28. The molecule has 11 heteroatoms. The van der Waals surface area contributed by atoms with Crippen molar-refractivity contribution in [1.29, 1.82) is 0 Å². The van der Waals surface area contributed by atoms with E-state index in [2.05, 4.69) is 9.44 Å². The first-order valence-corrected chi connectivity index (χ1v) is 12.4. The van der Waals surface area contributed by atoms with Gasteiger partial charge in [-0.1, -0.05) is 0 Å². The molecule has 30 heavy (non-hydrogen) atoms. The van der Waals surface area contributed by atoms with Gasteiger partial charge in [-0.2, -0.15) is 0 Å². The lowest BCUT2D eigenvalue weighted by molar-refractivity contribution is -0.0172. The highest BCUT2D eigenvalue weighted by molar-refractivity contribution is 7.90. The van der Waals surface area contributed by atoms with Crippen molar-refractivity contribution < 1.29 is 30.7 Å². The highest BCUT2D eigenvalue weighted by atomic mass is 32.2. The Morgan fingerprint density at radius 2 is 1.67 bits per heavy atom. The van der Waals surface area contributed by atoms with Crippen LogP contribution in [0, 0.1) is 5.82 Å². The summed E-state index contributed by atoms with van der Waals surface area (Å²) in [5, 5.41) is 0. The molecule has 2 N–H and O–H groups in total. The van der Waals surface area contributed by atoms with E-state index in [-0.39, 0.29) is 42.2 Å². The molecule has 4 rings (SSSR count). The van der Waals surface area contributed by atoms with E-state index in [1.54, 1.807) is 0 Å². The first-order chi connectivity index (χ1) is 14.2. The molecule has 0 amide bonds. The fourth-order valence-electron chi connectivity index (χ4n) is 3.13. The Morgan fingerprint density at radius 3 is 2.33 bits per heavy atom. The number of hydrogen-bond acceptors (Lipinski definition) is 6. The summed E-state index contributed by atoms with van der Waals surface area (Å²) >= 11 is 0. The third-order valence-electron chi connectivity index (χ3n) is 4.78. The number of nitrogens with one attached hydrogen (secondary N) is 2. The van der Waals surface area contributed by atoms with E-state index in [1.807, 2.05) is 0 Å². The fourth-order valence-corrected chi connectivity index (χ4v) is 5.47. The summed E-state index contributed by atoms with van der Waals surface area (Å²) in [6.45, 7) is 0.310. The molecule has 1 heterocycles. The molecule has 0 atom stereocenters. The van der Waals surface area contributed by atoms with Gasteiger partial charge in [0, 0.05) is 18.2 Å². The van der Waals surface area contributed by atoms with Crippen LogP contribution in [0.5, 0.6) is 5.75 Å². The second-order valence-electron chi connectivity index (χ2n) is 7.18. The molecule has 0 bridgehead atoms. The second-order valence-corrected chi connectivity index (χ2v) is 10.7. The lowest BCUT2D eigenvalue weighted by atomic mass is 10.1. The van der Waals surface area contributed by atoms with E-state index in [1.165, 1.54) is 36.4 Å². The number of halogens is 1. The van der Waals surface area contributed by atoms with Crippen LogP contribution in [0.25, 0.3) is 0 Å². The molecule has 0 unspecified atom stereocenters. The van der Waals surface area contributed by atoms with Gasteiger partial charge < -0.3 is 9.47 Å². The van der Waals surface area contributed by atoms with Gasteiger partial charge in [0.25, 0.3) is 0 Å². The van der Waals surface area contributed by atoms with Crippen molar-refractivity contribution in [2.24, 2.45) is 0 Å². The molecule has 0 saturated heterocycles. The van der Waals surface area contributed by atoms with Crippen LogP contribution in [-0.2, 0) is 37.8 Å². The Hall–Kier alpha value is -2.05. The molecular weight excluding hydrogens is 435 g/mol. The number of hydrogen-bond donors (Lipinski definition) is 2. The van der Waals surface area contributed by atoms with Gasteiger partial charge in [0.1, 0.15) is 11.6 Å². The van der Waals surface area contributed by atoms with Crippen molar-refractivity contribution in [3.8, 4) is 5.75 Å². The summed E-state index contributed by atoms with van der Waals surface area (Å²) in [5.41, 5.74) is 1.12. The second kappa shape index (κ2) is 8.23. The Labute approximate surface area is 174 Å². The van der Waals surface area contributed by atoms with Gasteiger partial charge in [0.2, 0.25) is 20.0 Å². The normalized spacial score (nSPS) is 16.7. The molecule has 0 spiro atoms. The Balaban J connectivity index is 1.42. The Morgan fingerprint density at radius 1 is 1.00 bits per heavy atom. The molecule has 2 aliphatic rings. The van der Waals surface area contributed by atoms with Gasteiger partial charge in [-0.05, 0) is 61.2 Å². The summed E-state index contributed by atoms with van der Waals surface area (Å²) in [6, 6.07) is 7.61. The van der Waals surface area contributed by atoms with E-state index in [0.29, 0.717) is 16.9 Å². The van der Waals surface area contributed by atoms with Crippen LogP contribution in [0.4, 0.5) is 4.39 Å². The predicted molar refractivity (Wildman–Crippen MR) is 105 cm³/mol. The number of ether oxygens (including phenoxy) is 2. The highest BCUT2D eigenvalue weighted by Crippen LogP contribution is 2.29. The average Bonchev–Trinajstić information content (AvgIpc) is 3.51. The summed E-state index contributed by atoms with van der Waals surface area (Å²) < 4.78 is 78.8. The molecule has 1 fully saturated rings. The molecule has 1 aliphatic heterocycles. The van der Waals surface area contributed by atoms with Crippen LogP contribution in [0.2, 0.25) is 0 Å². The largest absolute Gasteiger partial charge is 0.467 e. The minimum Gasteiger partial charge on any atom is -0.467 e. The first kappa shape index (κ1) is 21.2. The van der Waals surface area contributed by atoms with E-state index < -0.39 is 25.9 Å². The summed E-state index contributed by atoms with van der Waals surface area (Å²) in [7, 11) is -7.51. The van der Waals surface area contributed by atoms with Gasteiger partial charge >= 0.3 is 0 Å². The van der Waals surface area contributed by atoms with Crippen LogP contribution in [-0.4, -0.2) is 36.2 Å². The van der Waals surface area contributed by atoms with Crippen molar-refractivity contribution in [1.82, 2.24) is 9.44 Å². The zero-order valence-electron chi connectivity index (χ0n) is 15.9. The third kappa shape index (κ3) is 4.81. The van der Waals surface area contributed by atoms with E-state index >= 15 is 0 Å². The monoisotopic (exact) mass is 456 g/mol. The van der Waals surface area contributed by atoms with E-state index in [0.717, 1.165) is 12.8 Å². The smallest absolute Gasteiger partial charge is 0.240 e. The third-order valence-corrected chi connectivity index (χ3v) is 7.79. The maximum absolute atomic E-state index is 13.8. The lowest BCUT2D eigenvalue weighted by Crippen LogP contribution is -2.27. The zero-order valence-corrected chi connectivity index (χ0v) is 17.6. The zero-order chi connectivity index (χ0) is 21.4. The van der Waals surface area contributed by atoms with Crippen LogP contribution in [0.15, 0.2) is 46.2 Å². The summed E-state index contributed by atoms with van der Waals surface area (Å²) in [4.78, 5) is -0.0436. The first-order valence-electron chi connectivity index (χ1n) is 9.38. The lowest BCUT2D eigenvalue weighted by Gasteiger charge is -2.21. The molecule has 8 nitrogen and oxygen atoms in total. The number of fused-ring (bicyclic) bond motifs is 1. The van der Waals surface area contributed by atoms with Gasteiger partial charge in [-0.3, -0.25) is 0 Å². The van der Waals surface area contributed by atoms with Crippen molar-refractivity contribution >= 4 is 20.0 Å². The van der Waals surface area contributed by atoms with Gasteiger partial charge in [-0.15, -0.1) is 0 Å². The quantitative estimate of drug-likeness (QED) is 0.625. The van der Waals surface area contributed by atoms with Crippen LogP contribution in [0.1, 0.15) is 24.0 Å². The molecule has 2 aromatic carbocycles. The van der Waals surface area contributed by atoms with Gasteiger partial charge in [0.05, 0.1) is 16.4 Å². The van der Waals surface area contributed by atoms with Crippen molar-refractivity contribution in [3.05, 3.63) is 53.3 Å². The summed E-state index contributed by atoms with van der Waals surface area (Å²) in [6.07, 6.45) is 1.83. The van der Waals surface area contributed by atoms with Gasteiger partial charge in [0.15, 0.2) is 6.79 Å². The molecule has 0 aromatic heterocycles. The number of benzene rings is 2. The molecule has 0 radical (unpaired) electrons. The Bertz CT molecular complexity index is 1150. The average molecular weight is 457 g/mol. The summed E-state index contributed by atoms with van der Waals surface area (Å²) in [5.74, 6) is 0.0666. The maximum Gasteiger partial charge on any atom is 0.240 e. The van der Waals surface area contributed by atoms with Crippen molar-refractivity contribution in [3.63, 3.8) is 0 Å². The molecule has 1 saturated carbocycles. The molecule has 2 aromatic rings. The van der Waals surface area contributed by atoms with Crippen molar-refractivity contribution in [2.45, 2.75) is 41.7 Å². The van der Waals surface area contributed by atoms with Crippen molar-refractivity contribution in [2.75, 3.05) is 13.3 Å². The molecular formula is C19H21FN2O6S2. The maximum atomic E-state index is 13.8. The molecule has 1 aliphatic carbocycles. The fraction of sp³-hybridized carbons (Fsp3) is 0.368. The minimum atomic E-state index is -3.86. The van der Waals surface area contributed by atoms with Crippen LogP contribution < -0.4 is 14.2 Å². The van der Waals surface area contributed by atoms with E-state index in [4.69, 9.17) is 9.47 Å². The molecule has 162 valence electrons. The van der Waals surface area contributed by atoms with E-state index in [9.17, 15) is 21.2 Å². The SMILES string of the molecule is O=S(=O)(NCCc1cc(F)cc2c1OCOC2)c1ccc(S(=O)(=O)NC2CC2)cc1. The van der Waals surface area contributed by atoms with Gasteiger partial charge in [-0.25, -0.2) is 30.7 Å². The topological polar surface area (TPSA) is 111 Å². The number of rotatable bonds is 8.